The predicted molar refractivity (Wildman–Crippen MR) is 128 cm³/mol. The van der Waals surface area contributed by atoms with Crippen LogP contribution < -0.4 is 5.32 Å². The van der Waals surface area contributed by atoms with Crippen LogP contribution >= 0.6 is 0 Å². The van der Waals surface area contributed by atoms with Crippen molar-refractivity contribution >= 4 is 18.0 Å². The molecule has 0 unspecified atom stereocenters. The lowest BCUT2D eigenvalue weighted by atomic mass is 9.86. The van der Waals surface area contributed by atoms with E-state index in [9.17, 15) is 14.4 Å². The van der Waals surface area contributed by atoms with Gasteiger partial charge >= 0.3 is 12.1 Å². The van der Waals surface area contributed by atoms with Crippen LogP contribution in [0, 0.1) is 11.3 Å². The van der Waals surface area contributed by atoms with E-state index in [1.165, 1.54) is 11.1 Å². The minimum Gasteiger partial charge on any atom is -0.481 e. The van der Waals surface area contributed by atoms with E-state index in [1.54, 1.807) is 4.90 Å². The molecule has 2 N–H and O–H groups in total. The summed E-state index contributed by atoms with van der Waals surface area (Å²) >= 11 is 0. The van der Waals surface area contributed by atoms with E-state index in [4.69, 9.17) is 9.84 Å². The first-order valence-electron chi connectivity index (χ1n) is 11.9. The first-order valence-corrected chi connectivity index (χ1v) is 11.9. The Morgan fingerprint density at radius 1 is 1.03 bits per heavy atom. The Kier molecular flexibility index (Phi) is 6.91. The number of carboxylic acid groups (broad SMARTS) is 1. The van der Waals surface area contributed by atoms with Crippen molar-refractivity contribution < 1.29 is 24.2 Å². The fraction of sp³-hybridized carbons (Fsp3) is 0.444. The summed E-state index contributed by atoms with van der Waals surface area (Å²) in [4.78, 5) is 37.8. The van der Waals surface area contributed by atoms with Crippen LogP contribution in [0.5, 0.6) is 0 Å². The van der Waals surface area contributed by atoms with Gasteiger partial charge in [-0.1, -0.05) is 48.5 Å². The first-order chi connectivity index (χ1) is 16.3. The van der Waals surface area contributed by atoms with Crippen LogP contribution in [0.25, 0.3) is 11.1 Å². The molecule has 0 aromatic heterocycles. The summed E-state index contributed by atoms with van der Waals surface area (Å²) in [5.74, 6) is -0.449. The van der Waals surface area contributed by atoms with Gasteiger partial charge in [-0.25, -0.2) is 4.79 Å². The van der Waals surface area contributed by atoms with Crippen molar-refractivity contribution in [2.24, 2.45) is 11.3 Å². The number of fused-ring (bicyclic) bond motifs is 3. The fourth-order valence-electron chi connectivity index (χ4n) is 4.91. The van der Waals surface area contributed by atoms with Gasteiger partial charge in [0.2, 0.25) is 5.91 Å². The van der Waals surface area contributed by atoms with Crippen LogP contribution in [0.15, 0.2) is 48.5 Å². The molecule has 7 heteroatoms. The summed E-state index contributed by atoms with van der Waals surface area (Å²) < 4.78 is 5.57. The van der Waals surface area contributed by atoms with Crippen LogP contribution in [0.2, 0.25) is 0 Å². The number of amides is 2. The van der Waals surface area contributed by atoms with E-state index in [1.807, 2.05) is 38.1 Å². The third-order valence-corrected chi connectivity index (χ3v) is 6.84. The van der Waals surface area contributed by atoms with Gasteiger partial charge in [0.15, 0.2) is 0 Å². The van der Waals surface area contributed by atoms with Crippen molar-refractivity contribution in [3.05, 3.63) is 59.7 Å². The van der Waals surface area contributed by atoms with E-state index in [2.05, 4.69) is 29.6 Å². The Morgan fingerprint density at radius 3 is 2.21 bits per heavy atom. The zero-order chi connectivity index (χ0) is 24.3. The van der Waals surface area contributed by atoms with E-state index in [-0.39, 0.29) is 31.4 Å². The molecule has 34 heavy (non-hydrogen) atoms. The average molecular weight is 465 g/mol. The molecule has 1 saturated heterocycles. The molecule has 2 aliphatic rings. The second kappa shape index (κ2) is 9.87. The van der Waals surface area contributed by atoms with Gasteiger partial charge in [-0.3, -0.25) is 9.59 Å². The molecule has 180 valence electrons. The standard InChI is InChI=1S/C27H32N2O5/c1-27(2,25(32)29-14-18(15-29)8-7-13-24(30)31)17-28-26(33)34-16-23-21-11-5-3-9-19(21)20-10-4-6-12-22(20)23/h3-6,9-12,18,23H,7-8,13-17H2,1-2H3,(H,28,33)(H,30,31). The molecule has 4 rings (SSSR count). The van der Waals surface area contributed by atoms with Crippen LogP contribution in [-0.4, -0.2) is 54.2 Å². The second-order valence-corrected chi connectivity index (χ2v) is 9.93. The molecule has 7 nitrogen and oxygen atoms in total. The molecule has 2 aromatic carbocycles. The van der Waals surface area contributed by atoms with E-state index in [0.29, 0.717) is 25.4 Å². The van der Waals surface area contributed by atoms with E-state index < -0.39 is 17.5 Å². The second-order valence-electron chi connectivity index (χ2n) is 9.93. The summed E-state index contributed by atoms with van der Waals surface area (Å²) in [7, 11) is 0. The van der Waals surface area contributed by atoms with Crippen molar-refractivity contribution in [2.45, 2.75) is 39.0 Å². The molecule has 0 atom stereocenters. The summed E-state index contributed by atoms with van der Waals surface area (Å²) in [6.45, 7) is 5.34. The number of nitrogens with one attached hydrogen (secondary N) is 1. The number of carbonyl (C=O) groups excluding carboxylic acids is 2. The summed E-state index contributed by atoms with van der Waals surface area (Å²) in [6, 6.07) is 16.4. The Bertz CT molecular complexity index is 1030. The minimum atomic E-state index is -0.785. The minimum absolute atomic E-state index is 0.00746. The van der Waals surface area contributed by atoms with Crippen molar-refractivity contribution in [3.63, 3.8) is 0 Å². The smallest absolute Gasteiger partial charge is 0.407 e. The van der Waals surface area contributed by atoms with Crippen LogP contribution in [0.1, 0.15) is 50.2 Å². The Balaban J connectivity index is 1.24. The summed E-state index contributed by atoms with van der Waals surface area (Å²) in [5, 5.41) is 11.5. The molecule has 1 fully saturated rings. The monoisotopic (exact) mass is 464 g/mol. The predicted octanol–water partition coefficient (Wildman–Crippen LogP) is 4.26. The maximum Gasteiger partial charge on any atom is 0.407 e. The molecule has 0 bridgehead atoms. The number of alkyl carbamates (subject to hydrolysis) is 1. The quantitative estimate of drug-likeness (QED) is 0.578. The van der Waals surface area contributed by atoms with Crippen LogP contribution in [-0.2, 0) is 14.3 Å². The van der Waals surface area contributed by atoms with Crippen LogP contribution in [0.4, 0.5) is 4.79 Å². The molecule has 2 aromatic rings. The highest BCUT2D eigenvalue weighted by atomic mass is 16.5. The average Bonchev–Trinajstić information content (AvgIpc) is 3.11. The lowest BCUT2D eigenvalue weighted by Crippen LogP contribution is -2.56. The Hall–Kier alpha value is -3.35. The van der Waals surface area contributed by atoms with Gasteiger partial charge in [0.25, 0.3) is 0 Å². The third kappa shape index (κ3) is 5.08. The number of carboxylic acids is 1. The normalized spacial score (nSPS) is 15.3. The number of aliphatic carboxylic acids is 1. The first kappa shape index (κ1) is 23.8. The van der Waals surface area contributed by atoms with Crippen molar-refractivity contribution in [1.82, 2.24) is 10.2 Å². The number of hydrogen-bond acceptors (Lipinski definition) is 4. The molecular weight excluding hydrogens is 432 g/mol. The topological polar surface area (TPSA) is 95.9 Å². The van der Waals surface area contributed by atoms with Gasteiger partial charge in [0, 0.05) is 32.0 Å². The zero-order valence-electron chi connectivity index (χ0n) is 19.8. The van der Waals surface area contributed by atoms with Gasteiger partial charge in [-0.05, 0) is 54.9 Å². The number of likely N-dealkylation sites (tertiary alicyclic amines) is 1. The van der Waals surface area contributed by atoms with E-state index >= 15 is 0 Å². The Labute approximate surface area is 200 Å². The molecular formula is C27H32N2O5. The molecule has 2 amide bonds. The molecule has 1 aliphatic heterocycles. The number of hydrogen-bond donors (Lipinski definition) is 2. The maximum atomic E-state index is 12.9. The number of ether oxygens (including phenoxy) is 1. The molecule has 0 spiro atoms. The highest BCUT2D eigenvalue weighted by Crippen LogP contribution is 2.44. The highest BCUT2D eigenvalue weighted by Gasteiger charge is 2.39. The summed E-state index contributed by atoms with van der Waals surface area (Å²) in [6.07, 6.45) is 1.08. The third-order valence-electron chi connectivity index (χ3n) is 6.84. The van der Waals surface area contributed by atoms with Gasteiger partial charge in [-0.2, -0.15) is 0 Å². The number of benzene rings is 2. The van der Waals surface area contributed by atoms with Crippen molar-refractivity contribution in [2.75, 3.05) is 26.2 Å². The van der Waals surface area contributed by atoms with Gasteiger partial charge in [0.1, 0.15) is 6.61 Å². The molecule has 0 radical (unpaired) electrons. The molecule has 0 saturated carbocycles. The number of carbonyl (C=O) groups is 3. The van der Waals surface area contributed by atoms with Crippen molar-refractivity contribution in [1.29, 1.82) is 0 Å². The van der Waals surface area contributed by atoms with Gasteiger partial charge in [0.05, 0.1) is 5.41 Å². The van der Waals surface area contributed by atoms with Gasteiger partial charge in [-0.15, -0.1) is 0 Å². The zero-order valence-corrected chi connectivity index (χ0v) is 19.8. The maximum absolute atomic E-state index is 12.9. The van der Waals surface area contributed by atoms with Crippen LogP contribution in [0.3, 0.4) is 0 Å². The number of rotatable bonds is 9. The highest BCUT2D eigenvalue weighted by molar-refractivity contribution is 5.83. The van der Waals surface area contributed by atoms with Gasteiger partial charge < -0.3 is 20.1 Å². The Morgan fingerprint density at radius 2 is 1.62 bits per heavy atom. The lowest BCUT2D eigenvalue weighted by molar-refractivity contribution is -0.147. The fourth-order valence-corrected chi connectivity index (χ4v) is 4.91. The molecule has 1 aliphatic carbocycles. The molecule has 1 heterocycles. The van der Waals surface area contributed by atoms with Crippen molar-refractivity contribution in [3.8, 4) is 11.1 Å². The van der Waals surface area contributed by atoms with E-state index in [0.717, 1.165) is 17.5 Å². The SMILES string of the molecule is CC(C)(CNC(=O)OCC1c2ccccc2-c2ccccc21)C(=O)N1CC(CCCC(=O)O)C1. The number of nitrogens with zero attached hydrogens (tertiary/aromatic N) is 1. The summed E-state index contributed by atoms with van der Waals surface area (Å²) in [5.41, 5.74) is 3.91. The lowest BCUT2D eigenvalue weighted by Gasteiger charge is -2.43. The largest absolute Gasteiger partial charge is 0.481 e.